The summed E-state index contributed by atoms with van der Waals surface area (Å²) < 4.78 is 2.29. The van der Waals surface area contributed by atoms with Gasteiger partial charge in [-0.25, -0.2) is 4.99 Å². The molecular formula is C31H28Br2IN3. The number of halogens is 3. The summed E-state index contributed by atoms with van der Waals surface area (Å²) in [5.41, 5.74) is 6.68. The van der Waals surface area contributed by atoms with Crippen LogP contribution in [0, 0.1) is 6.92 Å². The Morgan fingerprint density at radius 1 is 0.784 bits per heavy atom. The van der Waals surface area contributed by atoms with Crippen LogP contribution in [-0.4, -0.2) is 30.0 Å². The molecule has 1 aromatic heterocycles. The van der Waals surface area contributed by atoms with Gasteiger partial charge in [0.05, 0.1) is 17.3 Å². The van der Waals surface area contributed by atoms with Crippen LogP contribution in [0.4, 0.5) is 11.4 Å². The van der Waals surface area contributed by atoms with Crippen LogP contribution in [0.25, 0.3) is 27.4 Å². The van der Waals surface area contributed by atoms with Gasteiger partial charge in [0.25, 0.3) is 0 Å². The van der Waals surface area contributed by atoms with E-state index >= 15 is 0 Å². The Bertz CT molecular complexity index is 1530. The first-order valence-electron chi connectivity index (χ1n) is 12.1. The number of aromatic nitrogens is 1. The minimum atomic E-state index is 0. The lowest BCUT2D eigenvalue weighted by Gasteiger charge is -2.23. The highest BCUT2D eigenvalue weighted by molar-refractivity contribution is 9.09. The first-order chi connectivity index (χ1) is 17.7. The molecule has 0 N–H and O–H groups in total. The van der Waals surface area contributed by atoms with Gasteiger partial charge in [0.15, 0.2) is 0 Å². The lowest BCUT2D eigenvalue weighted by atomic mass is 10.0. The number of benzene rings is 4. The predicted molar refractivity (Wildman–Crippen MR) is 161 cm³/mol. The zero-order valence-electron chi connectivity index (χ0n) is 20.6. The molecule has 5 rings (SSSR count). The maximum absolute atomic E-state index is 4.94. The van der Waals surface area contributed by atoms with E-state index in [1.807, 2.05) is 6.21 Å². The SMILES string of the molecule is Cc1cc(N(CCBr)CCBr)ccc1N=Cc1ccc2c3ccccc3ccc2[n+]1-c1ccccc1.[I-]. The molecule has 0 bridgehead atoms. The number of nitrogens with zero attached hydrogens (tertiary/aromatic N) is 3. The molecule has 0 saturated carbocycles. The van der Waals surface area contributed by atoms with Gasteiger partial charge in [0.1, 0.15) is 0 Å². The van der Waals surface area contributed by atoms with E-state index in [4.69, 9.17) is 4.99 Å². The average molecular weight is 729 g/mol. The minimum absolute atomic E-state index is 0. The third-order valence-electron chi connectivity index (χ3n) is 6.47. The van der Waals surface area contributed by atoms with E-state index in [2.05, 4.69) is 145 Å². The molecule has 37 heavy (non-hydrogen) atoms. The molecule has 5 aromatic rings. The van der Waals surface area contributed by atoms with Gasteiger partial charge in [0, 0.05) is 53.7 Å². The fraction of sp³-hybridized carbons (Fsp3) is 0.161. The lowest BCUT2D eigenvalue weighted by molar-refractivity contribution is -0.568. The molecule has 1 heterocycles. The molecule has 0 amide bonds. The Hall–Kier alpha value is -2.29. The molecule has 3 nitrogen and oxygen atoms in total. The fourth-order valence-electron chi connectivity index (χ4n) is 4.69. The molecule has 0 saturated heterocycles. The smallest absolute Gasteiger partial charge is 0.230 e. The van der Waals surface area contributed by atoms with Crippen LogP contribution in [0.15, 0.2) is 102 Å². The molecule has 0 unspecified atom stereocenters. The number of para-hydroxylation sites is 1. The molecule has 0 atom stereocenters. The van der Waals surface area contributed by atoms with E-state index in [0.29, 0.717) is 0 Å². The van der Waals surface area contributed by atoms with E-state index in [1.165, 1.54) is 21.8 Å². The highest BCUT2D eigenvalue weighted by atomic mass is 127. The van der Waals surface area contributed by atoms with E-state index in [9.17, 15) is 0 Å². The Morgan fingerprint density at radius 3 is 2.24 bits per heavy atom. The second-order valence-corrected chi connectivity index (χ2v) is 10.3. The summed E-state index contributed by atoms with van der Waals surface area (Å²) in [6, 6.07) is 34.4. The summed E-state index contributed by atoms with van der Waals surface area (Å²) in [6.45, 7) is 4.07. The third-order valence-corrected chi connectivity index (χ3v) is 7.18. The van der Waals surface area contributed by atoms with Gasteiger partial charge in [-0.3, -0.25) is 0 Å². The van der Waals surface area contributed by atoms with Crippen molar-refractivity contribution in [2.24, 2.45) is 4.99 Å². The van der Waals surface area contributed by atoms with Crippen LogP contribution in [-0.2, 0) is 0 Å². The summed E-state index contributed by atoms with van der Waals surface area (Å²) in [5, 5.41) is 5.61. The van der Waals surface area contributed by atoms with Crippen LogP contribution in [0.2, 0.25) is 0 Å². The van der Waals surface area contributed by atoms with Crippen molar-refractivity contribution in [3.8, 4) is 5.69 Å². The summed E-state index contributed by atoms with van der Waals surface area (Å²) in [4.78, 5) is 7.32. The van der Waals surface area contributed by atoms with Crippen molar-refractivity contribution in [2.75, 3.05) is 28.6 Å². The number of aliphatic imine (C=N–C) groups is 1. The van der Waals surface area contributed by atoms with Crippen molar-refractivity contribution in [2.45, 2.75) is 6.92 Å². The van der Waals surface area contributed by atoms with Gasteiger partial charge in [-0.05, 0) is 53.6 Å². The van der Waals surface area contributed by atoms with E-state index in [0.717, 1.165) is 51.9 Å². The first kappa shape index (κ1) is 27.7. The Balaban J connectivity index is 0.00000320. The van der Waals surface area contributed by atoms with Crippen molar-refractivity contribution in [1.29, 1.82) is 0 Å². The van der Waals surface area contributed by atoms with Crippen molar-refractivity contribution < 1.29 is 28.5 Å². The number of rotatable bonds is 8. The van der Waals surface area contributed by atoms with Gasteiger partial charge in [-0.15, -0.1) is 0 Å². The first-order valence-corrected chi connectivity index (χ1v) is 14.4. The molecule has 0 aliphatic carbocycles. The zero-order chi connectivity index (χ0) is 24.9. The van der Waals surface area contributed by atoms with Gasteiger partial charge >= 0.3 is 0 Å². The minimum Gasteiger partial charge on any atom is -1.00 e. The van der Waals surface area contributed by atoms with Gasteiger partial charge in [-0.2, -0.15) is 4.57 Å². The van der Waals surface area contributed by atoms with Crippen LogP contribution in [0.5, 0.6) is 0 Å². The van der Waals surface area contributed by atoms with Crippen LogP contribution in [0.1, 0.15) is 11.3 Å². The number of alkyl halides is 2. The topological polar surface area (TPSA) is 19.5 Å². The number of anilines is 1. The predicted octanol–water partition coefficient (Wildman–Crippen LogP) is 4.93. The third kappa shape index (κ3) is 6.07. The maximum Gasteiger partial charge on any atom is 0.230 e. The summed E-state index contributed by atoms with van der Waals surface area (Å²) >= 11 is 7.15. The van der Waals surface area contributed by atoms with Crippen LogP contribution < -0.4 is 33.4 Å². The van der Waals surface area contributed by atoms with Gasteiger partial charge < -0.3 is 28.9 Å². The van der Waals surface area contributed by atoms with E-state index < -0.39 is 0 Å². The normalized spacial score (nSPS) is 11.2. The number of aryl methyl sites for hydroxylation is 1. The average Bonchev–Trinajstić information content (AvgIpc) is 2.92. The molecule has 6 heteroatoms. The fourth-order valence-corrected chi connectivity index (χ4v) is 5.55. The molecule has 0 aliphatic rings. The maximum atomic E-state index is 4.94. The Labute approximate surface area is 252 Å². The van der Waals surface area contributed by atoms with Crippen molar-refractivity contribution in [3.63, 3.8) is 0 Å². The monoisotopic (exact) mass is 727 g/mol. The summed E-state index contributed by atoms with van der Waals surface area (Å²) in [5.74, 6) is 0. The second kappa shape index (κ2) is 13.0. The number of hydrogen-bond acceptors (Lipinski definition) is 2. The lowest BCUT2D eigenvalue weighted by Crippen LogP contribution is -3.00. The number of hydrogen-bond donors (Lipinski definition) is 0. The van der Waals surface area contributed by atoms with Crippen molar-refractivity contribution in [1.82, 2.24) is 0 Å². The quantitative estimate of drug-likeness (QED) is 0.0730. The standard InChI is InChI=1S/C31H28Br2N3.HI/c1-23-21-26(35(19-17-32)20-18-33)13-15-30(23)34-22-27-12-14-29-28-10-6-5-7-24(28)11-16-31(29)36(27)25-8-3-2-4-9-25;/h2-16,21-22H,17-20H2,1H3;1H/q+1;/p-1. The second-order valence-electron chi connectivity index (χ2n) is 8.74. The van der Waals surface area contributed by atoms with Crippen molar-refractivity contribution >= 4 is 71.1 Å². The molecule has 0 spiro atoms. The summed E-state index contributed by atoms with van der Waals surface area (Å²) in [7, 11) is 0. The molecule has 188 valence electrons. The van der Waals surface area contributed by atoms with Crippen LogP contribution >= 0.6 is 31.9 Å². The van der Waals surface area contributed by atoms with Gasteiger partial charge in [0.2, 0.25) is 16.9 Å². The van der Waals surface area contributed by atoms with E-state index in [1.54, 1.807) is 0 Å². The number of pyridine rings is 1. The largest absolute Gasteiger partial charge is 1.00 e. The molecular weight excluding hydrogens is 701 g/mol. The zero-order valence-corrected chi connectivity index (χ0v) is 25.9. The highest BCUT2D eigenvalue weighted by Gasteiger charge is 2.19. The Morgan fingerprint density at radius 2 is 1.51 bits per heavy atom. The molecule has 4 aromatic carbocycles. The number of fused-ring (bicyclic) bond motifs is 3. The molecule has 0 fully saturated rings. The van der Waals surface area contributed by atoms with Gasteiger partial charge in [-0.1, -0.05) is 74.3 Å². The molecule has 0 radical (unpaired) electrons. The summed E-state index contributed by atoms with van der Waals surface area (Å²) in [6.07, 6.45) is 1.98. The highest BCUT2D eigenvalue weighted by Crippen LogP contribution is 2.27. The van der Waals surface area contributed by atoms with E-state index in [-0.39, 0.29) is 24.0 Å². The van der Waals surface area contributed by atoms with Crippen LogP contribution in [0.3, 0.4) is 0 Å². The molecule has 0 aliphatic heterocycles. The Kier molecular flexibility index (Phi) is 9.73. The van der Waals surface area contributed by atoms with Crippen molar-refractivity contribution in [3.05, 3.63) is 108 Å².